The van der Waals surface area contributed by atoms with Crippen molar-refractivity contribution in [2.45, 2.75) is 32.7 Å². The largest absolute Gasteiger partial charge is 0.310 e. The molecular weight excluding hydrogens is 388 g/mol. The maximum Gasteiger partial charge on any atom is 0.229 e. The van der Waals surface area contributed by atoms with E-state index in [1.807, 2.05) is 36.0 Å². The summed E-state index contributed by atoms with van der Waals surface area (Å²) in [6.07, 6.45) is 2.33. The first-order chi connectivity index (χ1) is 13.7. The Morgan fingerprint density at radius 1 is 1.21 bits per heavy atom. The average molecular weight is 413 g/mol. The number of nitrogens with one attached hydrogen (secondary N) is 1. The molecule has 1 N–H and O–H groups in total. The number of amides is 1. The Morgan fingerprint density at radius 2 is 1.93 bits per heavy atom. The van der Waals surface area contributed by atoms with Gasteiger partial charge in [0, 0.05) is 17.1 Å². The van der Waals surface area contributed by atoms with Gasteiger partial charge in [-0.1, -0.05) is 23.7 Å². The molecule has 4 rings (SSSR count). The third-order valence-electron chi connectivity index (χ3n) is 5.22. The van der Waals surface area contributed by atoms with Gasteiger partial charge in [-0.3, -0.25) is 4.79 Å². The van der Waals surface area contributed by atoms with Crippen LogP contribution in [0, 0.1) is 5.92 Å². The first kappa shape index (κ1) is 19.8. The highest BCUT2D eigenvalue weighted by Crippen LogP contribution is 2.34. The van der Waals surface area contributed by atoms with Crippen molar-refractivity contribution in [1.29, 1.82) is 0 Å². The highest BCUT2D eigenvalue weighted by molar-refractivity contribution is 6.30. The van der Waals surface area contributed by atoms with Crippen molar-refractivity contribution in [1.82, 2.24) is 24.6 Å². The van der Waals surface area contributed by atoms with Crippen molar-refractivity contribution >= 4 is 34.4 Å². The molecule has 1 aliphatic heterocycles. The Bertz CT molecular complexity index is 1050. The van der Waals surface area contributed by atoms with E-state index in [9.17, 15) is 4.79 Å². The minimum atomic E-state index is -0.285. The summed E-state index contributed by atoms with van der Waals surface area (Å²) in [5.74, 6) is 0.441. The molecule has 7 nitrogen and oxygen atoms in total. The van der Waals surface area contributed by atoms with Gasteiger partial charge in [-0.15, -0.1) is 0 Å². The van der Waals surface area contributed by atoms with Crippen LogP contribution >= 0.6 is 11.6 Å². The second-order valence-electron chi connectivity index (χ2n) is 8.60. The van der Waals surface area contributed by atoms with Crippen molar-refractivity contribution in [3.8, 4) is 11.3 Å². The fourth-order valence-electron chi connectivity index (χ4n) is 3.69. The predicted octanol–water partition coefficient (Wildman–Crippen LogP) is 3.79. The number of carbonyl (C=O) groups is 1. The standard InChI is InChI=1S/C21H25ClN6O/c1-21(2,3)28-19-16(17(26-28)13-5-7-15(22)8-6-13)18(23-12-24-19)25-20(29)14-9-10-27(4)11-14/h5-8,12,14H,9-11H2,1-4H3,(H,23,24,25,29). The van der Waals surface area contributed by atoms with Crippen LogP contribution in [0.1, 0.15) is 27.2 Å². The summed E-state index contributed by atoms with van der Waals surface area (Å²) in [4.78, 5) is 23.9. The molecule has 0 spiro atoms. The zero-order valence-corrected chi connectivity index (χ0v) is 17.9. The maximum atomic E-state index is 12.9. The second-order valence-corrected chi connectivity index (χ2v) is 9.03. The quantitative estimate of drug-likeness (QED) is 0.708. The van der Waals surface area contributed by atoms with Gasteiger partial charge in [0.25, 0.3) is 0 Å². The minimum Gasteiger partial charge on any atom is -0.310 e. The number of hydrogen-bond donors (Lipinski definition) is 1. The molecule has 1 fully saturated rings. The van der Waals surface area contributed by atoms with Crippen LogP contribution in [0.25, 0.3) is 22.3 Å². The monoisotopic (exact) mass is 412 g/mol. The molecule has 0 aliphatic carbocycles. The van der Waals surface area contributed by atoms with Crippen LogP contribution in [0.3, 0.4) is 0 Å². The van der Waals surface area contributed by atoms with Gasteiger partial charge in [-0.2, -0.15) is 5.10 Å². The lowest BCUT2D eigenvalue weighted by Crippen LogP contribution is -2.26. The van der Waals surface area contributed by atoms with Gasteiger partial charge in [-0.05, 0) is 52.9 Å². The van der Waals surface area contributed by atoms with Crippen molar-refractivity contribution in [3.63, 3.8) is 0 Å². The molecule has 1 atom stereocenters. The lowest BCUT2D eigenvalue weighted by Gasteiger charge is -2.19. The number of anilines is 1. The van der Waals surface area contributed by atoms with E-state index < -0.39 is 0 Å². The van der Waals surface area contributed by atoms with Gasteiger partial charge in [0.1, 0.15) is 17.8 Å². The lowest BCUT2D eigenvalue weighted by atomic mass is 10.1. The molecule has 2 aromatic heterocycles. The minimum absolute atomic E-state index is 0.0140. The van der Waals surface area contributed by atoms with Crippen molar-refractivity contribution in [3.05, 3.63) is 35.6 Å². The Balaban J connectivity index is 1.83. The molecule has 1 saturated heterocycles. The number of nitrogens with zero attached hydrogens (tertiary/aromatic N) is 5. The molecule has 152 valence electrons. The Kier molecular flexibility index (Phi) is 5.04. The van der Waals surface area contributed by atoms with E-state index in [4.69, 9.17) is 16.7 Å². The number of carbonyl (C=O) groups excluding carboxylic acids is 1. The van der Waals surface area contributed by atoms with Crippen molar-refractivity contribution in [2.24, 2.45) is 5.92 Å². The molecule has 8 heteroatoms. The van der Waals surface area contributed by atoms with Crippen molar-refractivity contribution < 1.29 is 4.79 Å². The number of likely N-dealkylation sites (tertiary alicyclic amines) is 1. The number of halogens is 1. The summed E-state index contributed by atoms with van der Waals surface area (Å²) in [5.41, 5.74) is 2.03. The van der Waals surface area contributed by atoms with Crippen LogP contribution in [0.2, 0.25) is 5.02 Å². The normalized spacial score (nSPS) is 17.8. The smallest absolute Gasteiger partial charge is 0.229 e. The van der Waals surface area contributed by atoms with Crippen LogP contribution in [0.15, 0.2) is 30.6 Å². The third-order valence-corrected chi connectivity index (χ3v) is 5.47. The Labute approximate surface area is 175 Å². The average Bonchev–Trinajstić information content (AvgIpc) is 3.27. The molecule has 3 heterocycles. The summed E-state index contributed by atoms with van der Waals surface area (Å²) in [5, 5.41) is 9.28. The molecule has 0 bridgehead atoms. The van der Waals surface area contributed by atoms with Gasteiger partial charge in [0.2, 0.25) is 5.91 Å². The van der Waals surface area contributed by atoms with Gasteiger partial charge < -0.3 is 10.2 Å². The third kappa shape index (κ3) is 3.84. The number of hydrogen-bond acceptors (Lipinski definition) is 5. The first-order valence-corrected chi connectivity index (χ1v) is 10.1. The predicted molar refractivity (Wildman–Crippen MR) is 115 cm³/mol. The molecule has 1 amide bonds. The Morgan fingerprint density at radius 3 is 2.55 bits per heavy atom. The second kappa shape index (κ2) is 7.39. The van der Waals surface area contributed by atoms with Crippen LogP contribution < -0.4 is 5.32 Å². The van der Waals surface area contributed by atoms with E-state index in [-0.39, 0.29) is 17.4 Å². The van der Waals surface area contributed by atoms with Crippen LogP contribution in [-0.2, 0) is 10.3 Å². The summed E-state index contributed by atoms with van der Waals surface area (Å²) in [6.45, 7) is 7.89. The molecule has 3 aromatic rings. The van der Waals surface area contributed by atoms with Gasteiger partial charge >= 0.3 is 0 Å². The van der Waals surface area contributed by atoms with Gasteiger partial charge in [0.15, 0.2) is 5.65 Å². The fourth-order valence-corrected chi connectivity index (χ4v) is 3.82. The molecule has 0 radical (unpaired) electrons. The number of rotatable bonds is 3. The lowest BCUT2D eigenvalue weighted by molar-refractivity contribution is -0.119. The van der Waals surface area contributed by atoms with Crippen LogP contribution in [-0.4, -0.2) is 50.7 Å². The highest BCUT2D eigenvalue weighted by Gasteiger charge is 2.29. The number of aromatic nitrogens is 4. The van der Waals surface area contributed by atoms with Crippen LogP contribution in [0.5, 0.6) is 0 Å². The summed E-state index contributed by atoms with van der Waals surface area (Å²) in [7, 11) is 2.03. The molecular formula is C21H25ClN6O. The van der Waals surface area contributed by atoms with E-state index in [2.05, 4.69) is 41.0 Å². The zero-order chi connectivity index (χ0) is 20.8. The summed E-state index contributed by atoms with van der Waals surface area (Å²) < 4.78 is 1.88. The number of fused-ring (bicyclic) bond motifs is 1. The molecule has 29 heavy (non-hydrogen) atoms. The van der Waals surface area contributed by atoms with E-state index in [1.165, 1.54) is 6.33 Å². The SMILES string of the molecule is CN1CCC(C(=O)Nc2ncnc3c2c(-c2ccc(Cl)cc2)nn3C(C)(C)C)C1. The maximum absolute atomic E-state index is 12.9. The molecule has 1 aliphatic rings. The first-order valence-electron chi connectivity index (χ1n) is 9.73. The summed E-state index contributed by atoms with van der Waals surface area (Å²) >= 11 is 6.07. The van der Waals surface area contributed by atoms with Crippen molar-refractivity contribution in [2.75, 3.05) is 25.5 Å². The van der Waals surface area contributed by atoms with Gasteiger partial charge in [0.05, 0.1) is 16.8 Å². The highest BCUT2D eigenvalue weighted by atomic mass is 35.5. The molecule has 1 aromatic carbocycles. The van der Waals surface area contributed by atoms with Gasteiger partial charge in [-0.25, -0.2) is 14.6 Å². The van der Waals surface area contributed by atoms with E-state index in [1.54, 1.807) is 0 Å². The topological polar surface area (TPSA) is 75.9 Å². The fraction of sp³-hybridized carbons (Fsp3) is 0.429. The van der Waals surface area contributed by atoms with E-state index in [0.717, 1.165) is 36.2 Å². The zero-order valence-electron chi connectivity index (χ0n) is 17.1. The molecule has 1 unspecified atom stereocenters. The summed E-state index contributed by atoms with van der Waals surface area (Å²) in [6, 6.07) is 7.49. The number of benzene rings is 1. The van der Waals surface area contributed by atoms with E-state index in [0.29, 0.717) is 16.5 Å². The van der Waals surface area contributed by atoms with E-state index >= 15 is 0 Å². The molecule has 0 saturated carbocycles. The van der Waals surface area contributed by atoms with Crippen LogP contribution in [0.4, 0.5) is 5.82 Å². The Hall–Kier alpha value is -2.51.